The van der Waals surface area contributed by atoms with Gasteiger partial charge in [0.25, 0.3) is 0 Å². The normalized spacial score (nSPS) is 18.7. The Hall–Kier alpha value is -2.90. The first-order chi connectivity index (χ1) is 12.2. The number of rotatable bonds is 4. The Balaban J connectivity index is 1.78. The monoisotopic (exact) mass is 329 g/mol. The smallest absolute Gasteiger partial charge is 0.121 e. The zero-order valence-corrected chi connectivity index (χ0v) is 14.1. The van der Waals surface area contributed by atoms with Crippen LogP contribution in [0.4, 0.5) is 0 Å². The lowest BCUT2D eigenvalue weighted by molar-refractivity contribution is -0.0151. The lowest BCUT2D eigenvalue weighted by Crippen LogP contribution is -2.29. The Labute approximate surface area is 147 Å². The van der Waals surface area contributed by atoms with Crippen molar-refractivity contribution in [1.29, 1.82) is 5.26 Å². The summed E-state index contributed by atoms with van der Waals surface area (Å²) in [5.74, 6) is 0. The third-order valence-electron chi connectivity index (χ3n) is 4.91. The van der Waals surface area contributed by atoms with Crippen LogP contribution >= 0.6 is 0 Å². The first kappa shape index (κ1) is 15.6. The van der Waals surface area contributed by atoms with Crippen molar-refractivity contribution in [3.8, 4) is 6.07 Å². The number of aryl methyl sites for hydroxylation is 2. The molecule has 25 heavy (non-hydrogen) atoms. The van der Waals surface area contributed by atoms with Crippen LogP contribution in [0.5, 0.6) is 0 Å². The lowest BCUT2D eigenvalue weighted by atomic mass is 9.82. The number of ether oxygens (including phenoxy) is 1. The number of hydrogen-bond acceptors (Lipinski definition) is 3. The summed E-state index contributed by atoms with van der Waals surface area (Å²) in [6.45, 7) is 3.38. The summed E-state index contributed by atoms with van der Waals surface area (Å²) >= 11 is 0. The highest BCUT2D eigenvalue weighted by molar-refractivity contribution is 5.48. The van der Waals surface area contributed by atoms with Gasteiger partial charge in [0, 0.05) is 25.4 Å². The minimum absolute atomic E-state index is 0.497. The van der Waals surface area contributed by atoms with Crippen molar-refractivity contribution in [3.63, 3.8) is 0 Å². The van der Waals surface area contributed by atoms with E-state index >= 15 is 0 Å². The van der Waals surface area contributed by atoms with Gasteiger partial charge in [-0.1, -0.05) is 35.9 Å². The van der Waals surface area contributed by atoms with E-state index in [1.54, 1.807) is 6.20 Å². The Kier molecular flexibility index (Phi) is 3.87. The topological polar surface area (TPSA) is 50.8 Å². The van der Waals surface area contributed by atoms with Crippen LogP contribution in [0.1, 0.15) is 34.2 Å². The molecule has 0 fully saturated rings. The van der Waals surface area contributed by atoms with E-state index < -0.39 is 5.60 Å². The van der Waals surface area contributed by atoms with Gasteiger partial charge < -0.3 is 4.74 Å². The third-order valence-corrected chi connectivity index (χ3v) is 4.91. The molecule has 2 heterocycles. The molecule has 1 atom stereocenters. The van der Waals surface area contributed by atoms with Crippen molar-refractivity contribution in [2.75, 3.05) is 0 Å². The van der Waals surface area contributed by atoms with E-state index in [1.807, 2.05) is 35.1 Å². The van der Waals surface area contributed by atoms with Crippen LogP contribution in [0.25, 0.3) is 0 Å². The fourth-order valence-electron chi connectivity index (χ4n) is 3.57. The molecule has 0 N–H and O–H groups in total. The molecular formula is C21H19N3O. The van der Waals surface area contributed by atoms with E-state index in [1.165, 1.54) is 5.56 Å². The highest BCUT2D eigenvalue weighted by Crippen LogP contribution is 2.45. The van der Waals surface area contributed by atoms with Crippen molar-refractivity contribution >= 4 is 0 Å². The summed E-state index contributed by atoms with van der Waals surface area (Å²) in [5, 5.41) is 13.5. The van der Waals surface area contributed by atoms with Crippen LogP contribution in [0.15, 0.2) is 60.9 Å². The Morgan fingerprint density at radius 1 is 1.24 bits per heavy atom. The minimum Gasteiger partial charge on any atom is -0.361 e. The van der Waals surface area contributed by atoms with Crippen molar-refractivity contribution in [1.82, 2.24) is 9.78 Å². The van der Waals surface area contributed by atoms with E-state index in [-0.39, 0.29) is 0 Å². The maximum absolute atomic E-state index is 9.17. The van der Waals surface area contributed by atoms with Crippen molar-refractivity contribution in [2.45, 2.75) is 32.1 Å². The van der Waals surface area contributed by atoms with Crippen molar-refractivity contribution in [2.24, 2.45) is 0 Å². The highest BCUT2D eigenvalue weighted by Gasteiger charge is 2.41. The molecule has 1 aliphatic rings. The van der Waals surface area contributed by atoms with Gasteiger partial charge in [-0.3, -0.25) is 4.68 Å². The number of aromatic nitrogens is 2. The second kappa shape index (κ2) is 6.19. The van der Waals surface area contributed by atoms with Gasteiger partial charge in [-0.05, 0) is 41.8 Å². The maximum Gasteiger partial charge on any atom is 0.121 e. The van der Waals surface area contributed by atoms with Crippen molar-refractivity contribution in [3.05, 3.63) is 88.7 Å². The third kappa shape index (κ3) is 2.73. The van der Waals surface area contributed by atoms with Crippen LogP contribution < -0.4 is 0 Å². The molecule has 4 heteroatoms. The molecule has 0 radical (unpaired) electrons. The van der Waals surface area contributed by atoms with Gasteiger partial charge in [0.1, 0.15) is 5.60 Å². The summed E-state index contributed by atoms with van der Waals surface area (Å²) in [6.07, 6.45) is 4.55. The van der Waals surface area contributed by atoms with Gasteiger partial charge in [-0.25, -0.2) is 0 Å². The van der Waals surface area contributed by atoms with Gasteiger partial charge in [0.2, 0.25) is 0 Å². The Bertz CT molecular complexity index is 923. The predicted octanol–water partition coefficient (Wildman–Crippen LogP) is 3.93. The van der Waals surface area contributed by atoms with Crippen LogP contribution in [0, 0.1) is 18.3 Å². The molecular weight excluding hydrogens is 310 g/mol. The number of benzene rings is 2. The number of hydrogen-bond donors (Lipinski definition) is 0. The van der Waals surface area contributed by atoms with Gasteiger partial charge in [0.05, 0.1) is 18.2 Å². The summed E-state index contributed by atoms with van der Waals surface area (Å²) in [4.78, 5) is 0. The molecule has 0 aliphatic carbocycles. The summed E-state index contributed by atoms with van der Waals surface area (Å²) in [5.41, 5.74) is 4.80. The molecule has 0 saturated carbocycles. The summed E-state index contributed by atoms with van der Waals surface area (Å²) < 4.78 is 8.32. The summed E-state index contributed by atoms with van der Waals surface area (Å²) in [6, 6.07) is 18.5. The molecule has 1 aromatic heterocycles. The standard InChI is InChI=1S/C21H19N3O/c1-16-3-6-19(7-4-16)21(9-12-24-11-2-10-23-24)20-8-5-17(14-22)13-18(20)15-25-21/h2-8,10-11,13H,9,12,15H2,1H3. The van der Waals surface area contributed by atoms with Gasteiger partial charge in [-0.15, -0.1) is 0 Å². The predicted molar refractivity (Wildman–Crippen MR) is 94.7 cm³/mol. The van der Waals surface area contributed by atoms with Crippen LogP contribution in [0.3, 0.4) is 0 Å². The molecule has 2 aromatic carbocycles. The second-order valence-electron chi connectivity index (χ2n) is 6.48. The molecule has 3 aromatic rings. The van der Waals surface area contributed by atoms with E-state index in [0.717, 1.165) is 29.7 Å². The average molecular weight is 329 g/mol. The van der Waals surface area contributed by atoms with E-state index in [0.29, 0.717) is 12.2 Å². The molecule has 124 valence electrons. The van der Waals surface area contributed by atoms with Crippen molar-refractivity contribution < 1.29 is 4.74 Å². The first-order valence-electron chi connectivity index (χ1n) is 8.43. The van der Waals surface area contributed by atoms with Crippen LogP contribution in [-0.4, -0.2) is 9.78 Å². The lowest BCUT2D eigenvalue weighted by Gasteiger charge is -2.30. The molecule has 1 unspecified atom stereocenters. The zero-order valence-electron chi connectivity index (χ0n) is 14.1. The Morgan fingerprint density at radius 2 is 2.08 bits per heavy atom. The van der Waals surface area contributed by atoms with Crippen LogP contribution in [0.2, 0.25) is 0 Å². The van der Waals surface area contributed by atoms with Gasteiger partial charge >= 0.3 is 0 Å². The number of nitrogens with zero attached hydrogens (tertiary/aromatic N) is 3. The second-order valence-corrected chi connectivity index (χ2v) is 6.48. The van der Waals surface area contributed by atoms with E-state index in [9.17, 15) is 5.26 Å². The van der Waals surface area contributed by atoms with Gasteiger partial charge in [0.15, 0.2) is 0 Å². The molecule has 0 amide bonds. The maximum atomic E-state index is 9.17. The quantitative estimate of drug-likeness (QED) is 0.729. The van der Waals surface area contributed by atoms with E-state index in [2.05, 4.69) is 42.4 Å². The SMILES string of the molecule is Cc1ccc(C2(CCn3cccn3)OCc3cc(C#N)ccc32)cc1. The fraction of sp³-hybridized carbons (Fsp3) is 0.238. The molecule has 4 nitrogen and oxygen atoms in total. The average Bonchev–Trinajstić information content (AvgIpc) is 3.28. The molecule has 0 saturated heterocycles. The van der Waals surface area contributed by atoms with E-state index in [4.69, 9.17) is 4.74 Å². The summed E-state index contributed by atoms with van der Waals surface area (Å²) in [7, 11) is 0. The molecule has 0 bridgehead atoms. The largest absolute Gasteiger partial charge is 0.361 e. The molecule has 0 spiro atoms. The first-order valence-corrected chi connectivity index (χ1v) is 8.43. The molecule has 1 aliphatic heterocycles. The fourth-order valence-corrected chi connectivity index (χ4v) is 3.57. The molecule has 4 rings (SSSR count). The highest BCUT2D eigenvalue weighted by atomic mass is 16.5. The minimum atomic E-state index is -0.497. The Morgan fingerprint density at radius 3 is 2.80 bits per heavy atom. The number of nitriles is 1. The zero-order chi connectivity index (χ0) is 17.3. The van der Waals surface area contributed by atoms with Crippen LogP contribution in [-0.2, 0) is 23.5 Å². The van der Waals surface area contributed by atoms with Gasteiger partial charge in [-0.2, -0.15) is 10.4 Å². The number of fused-ring (bicyclic) bond motifs is 1.